The van der Waals surface area contributed by atoms with E-state index in [1.54, 1.807) is 0 Å². The molecule has 2 aromatic rings. The average molecular weight is 347 g/mol. The van der Waals surface area contributed by atoms with Crippen molar-refractivity contribution in [1.82, 2.24) is 0 Å². The van der Waals surface area contributed by atoms with Gasteiger partial charge in [-0.05, 0) is 62.4 Å². The van der Waals surface area contributed by atoms with Crippen LogP contribution in [0.5, 0.6) is 5.75 Å². The Kier molecular flexibility index (Phi) is 7.13. The summed E-state index contributed by atoms with van der Waals surface area (Å²) in [6, 6.07) is 15.3. The molecule has 0 unspecified atom stereocenters. The molecular formula is C20H23ClO3. The third-order valence-electron chi connectivity index (χ3n) is 3.92. The Hall–Kier alpha value is -2.00. The van der Waals surface area contributed by atoms with E-state index in [1.807, 2.05) is 55.5 Å². The van der Waals surface area contributed by atoms with Crippen LogP contribution in [0.3, 0.4) is 0 Å². The van der Waals surface area contributed by atoms with E-state index < -0.39 is 12.1 Å². The fraction of sp³-hybridized carbons (Fsp3) is 0.350. The monoisotopic (exact) mass is 346 g/mol. The lowest BCUT2D eigenvalue weighted by Crippen LogP contribution is -2.26. The number of carbonyl (C=O) groups is 1. The Morgan fingerprint density at radius 3 is 2.33 bits per heavy atom. The van der Waals surface area contributed by atoms with Crippen LogP contribution >= 0.6 is 11.6 Å². The van der Waals surface area contributed by atoms with Crippen LogP contribution in [0.1, 0.15) is 36.8 Å². The summed E-state index contributed by atoms with van der Waals surface area (Å²) in [5, 5.41) is 10.1. The van der Waals surface area contributed by atoms with Crippen LogP contribution < -0.4 is 4.74 Å². The van der Waals surface area contributed by atoms with Crippen LogP contribution in [0.25, 0.3) is 0 Å². The molecular weight excluding hydrogens is 324 g/mol. The first-order valence-electron chi connectivity index (χ1n) is 8.25. The van der Waals surface area contributed by atoms with E-state index in [1.165, 1.54) is 5.56 Å². The molecule has 2 rings (SSSR count). The van der Waals surface area contributed by atoms with E-state index in [2.05, 4.69) is 0 Å². The van der Waals surface area contributed by atoms with Gasteiger partial charge in [0, 0.05) is 5.02 Å². The molecule has 0 aliphatic carbocycles. The van der Waals surface area contributed by atoms with Crippen LogP contribution in [0.15, 0.2) is 48.5 Å². The third kappa shape index (κ3) is 6.25. The highest BCUT2D eigenvalue weighted by molar-refractivity contribution is 6.30. The molecule has 4 heteroatoms. The van der Waals surface area contributed by atoms with Crippen molar-refractivity contribution >= 4 is 17.6 Å². The van der Waals surface area contributed by atoms with Gasteiger partial charge in [0.25, 0.3) is 0 Å². The number of unbranched alkanes of at least 4 members (excludes halogenated alkanes) is 2. The van der Waals surface area contributed by atoms with Gasteiger partial charge in [-0.1, -0.05) is 47.9 Å². The zero-order valence-corrected chi connectivity index (χ0v) is 14.6. The fourth-order valence-corrected chi connectivity index (χ4v) is 2.63. The first-order valence-corrected chi connectivity index (χ1v) is 8.63. The Balaban J connectivity index is 1.72. The minimum Gasteiger partial charge on any atom is -0.479 e. The van der Waals surface area contributed by atoms with Crippen molar-refractivity contribution in [2.75, 3.05) is 0 Å². The Bertz CT molecular complexity index is 635. The Labute approximate surface area is 148 Å². The molecule has 0 heterocycles. The normalized spacial score (nSPS) is 11.9. The van der Waals surface area contributed by atoms with E-state index in [-0.39, 0.29) is 0 Å². The molecule has 0 aliphatic rings. The van der Waals surface area contributed by atoms with Gasteiger partial charge in [0.05, 0.1) is 0 Å². The summed E-state index contributed by atoms with van der Waals surface area (Å²) in [4.78, 5) is 11.4. The lowest BCUT2D eigenvalue weighted by Gasteiger charge is -2.15. The van der Waals surface area contributed by atoms with Gasteiger partial charge < -0.3 is 9.84 Å². The van der Waals surface area contributed by atoms with E-state index in [0.29, 0.717) is 12.2 Å². The molecule has 0 amide bonds. The number of carboxylic acid groups (broad SMARTS) is 1. The average Bonchev–Trinajstić information content (AvgIpc) is 2.57. The molecule has 0 fully saturated rings. The van der Waals surface area contributed by atoms with Crippen molar-refractivity contribution in [1.29, 1.82) is 0 Å². The maximum Gasteiger partial charge on any atom is 0.344 e. The number of aryl methyl sites for hydroxylation is 2. The van der Waals surface area contributed by atoms with E-state index in [9.17, 15) is 9.90 Å². The first-order chi connectivity index (χ1) is 11.5. The molecule has 0 aliphatic heterocycles. The number of aliphatic carboxylic acids is 1. The van der Waals surface area contributed by atoms with Crippen molar-refractivity contribution in [2.24, 2.45) is 0 Å². The molecule has 0 aromatic heterocycles. The van der Waals surface area contributed by atoms with Gasteiger partial charge in [-0.2, -0.15) is 0 Å². The summed E-state index contributed by atoms with van der Waals surface area (Å²) in [6.45, 7) is 1.99. The molecule has 24 heavy (non-hydrogen) atoms. The smallest absolute Gasteiger partial charge is 0.344 e. The molecule has 128 valence electrons. The van der Waals surface area contributed by atoms with E-state index in [4.69, 9.17) is 16.3 Å². The quantitative estimate of drug-likeness (QED) is 0.628. The Morgan fingerprint density at radius 2 is 1.71 bits per heavy atom. The fourth-order valence-electron chi connectivity index (χ4n) is 2.50. The molecule has 1 N–H and O–H groups in total. The largest absolute Gasteiger partial charge is 0.479 e. The highest BCUT2D eigenvalue weighted by atomic mass is 35.5. The van der Waals surface area contributed by atoms with Crippen molar-refractivity contribution in [3.8, 4) is 5.75 Å². The molecule has 0 spiro atoms. The highest BCUT2D eigenvalue weighted by Gasteiger charge is 2.18. The summed E-state index contributed by atoms with van der Waals surface area (Å²) in [6.07, 6.45) is 3.54. The standard InChI is InChI=1S/C20H23ClO3/c1-15-7-13-18(14-8-15)24-19(20(22)23)6-4-2-3-5-16-9-11-17(21)12-10-16/h7-14,19H,2-6H2,1H3,(H,22,23)/t19-/m1/s1. The van der Waals surface area contributed by atoms with Gasteiger partial charge in [0.1, 0.15) is 5.75 Å². The lowest BCUT2D eigenvalue weighted by molar-refractivity contribution is -0.145. The summed E-state index contributed by atoms with van der Waals surface area (Å²) < 4.78 is 5.59. The number of hydrogen-bond donors (Lipinski definition) is 1. The second-order valence-electron chi connectivity index (χ2n) is 5.98. The van der Waals surface area contributed by atoms with Gasteiger partial charge in [0.2, 0.25) is 0 Å². The van der Waals surface area contributed by atoms with Crippen molar-refractivity contribution in [2.45, 2.75) is 45.1 Å². The van der Waals surface area contributed by atoms with Crippen molar-refractivity contribution in [3.63, 3.8) is 0 Å². The zero-order chi connectivity index (χ0) is 17.4. The maximum atomic E-state index is 11.4. The predicted octanol–water partition coefficient (Wildman–Crippen LogP) is 5.28. The lowest BCUT2D eigenvalue weighted by atomic mass is 10.0. The predicted molar refractivity (Wildman–Crippen MR) is 96.9 cm³/mol. The highest BCUT2D eigenvalue weighted by Crippen LogP contribution is 2.17. The number of rotatable bonds is 9. The molecule has 2 aromatic carbocycles. The van der Waals surface area contributed by atoms with Gasteiger partial charge in [-0.3, -0.25) is 0 Å². The summed E-state index contributed by atoms with van der Waals surface area (Å²) in [5.74, 6) is -0.303. The molecule has 3 nitrogen and oxygen atoms in total. The van der Waals surface area contributed by atoms with Gasteiger partial charge >= 0.3 is 5.97 Å². The number of halogens is 1. The maximum absolute atomic E-state index is 11.4. The molecule has 1 atom stereocenters. The van der Waals surface area contributed by atoms with Crippen molar-refractivity contribution < 1.29 is 14.6 Å². The van der Waals surface area contributed by atoms with Gasteiger partial charge in [0.15, 0.2) is 6.10 Å². The van der Waals surface area contributed by atoms with E-state index >= 15 is 0 Å². The van der Waals surface area contributed by atoms with E-state index in [0.717, 1.165) is 36.3 Å². The van der Waals surface area contributed by atoms with Crippen molar-refractivity contribution in [3.05, 3.63) is 64.7 Å². The van der Waals surface area contributed by atoms with Gasteiger partial charge in [-0.15, -0.1) is 0 Å². The molecule has 0 saturated carbocycles. The van der Waals surface area contributed by atoms with Crippen LogP contribution in [-0.4, -0.2) is 17.2 Å². The molecule has 0 radical (unpaired) electrons. The summed E-state index contributed by atoms with van der Waals surface area (Å²) >= 11 is 5.87. The summed E-state index contributed by atoms with van der Waals surface area (Å²) in [7, 11) is 0. The molecule has 0 saturated heterocycles. The summed E-state index contributed by atoms with van der Waals surface area (Å²) in [5.41, 5.74) is 2.38. The molecule has 0 bridgehead atoms. The number of benzene rings is 2. The zero-order valence-electron chi connectivity index (χ0n) is 13.9. The van der Waals surface area contributed by atoms with Crippen LogP contribution in [-0.2, 0) is 11.2 Å². The SMILES string of the molecule is Cc1ccc(O[C@H](CCCCCc2ccc(Cl)cc2)C(=O)O)cc1. The number of hydrogen-bond acceptors (Lipinski definition) is 2. The van der Waals surface area contributed by atoms with Crippen LogP contribution in [0.4, 0.5) is 0 Å². The second kappa shape index (κ2) is 9.33. The third-order valence-corrected chi connectivity index (χ3v) is 4.17. The Morgan fingerprint density at radius 1 is 1.04 bits per heavy atom. The minimum atomic E-state index is -0.909. The topological polar surface area (TPSA) is 46.5 Å². The number of carboxylic acids is 1. The van der Waals surface area contributed by atoms with Crippen LogP contribution in [0, 0.1) is 6.92 Å². The second-order valence-corrected chi connectivity index (χ2v) is 6.42. The minimum absolute atomic E-state index is 0.518. The van der Waals surface area contributed by atoms with Gasteiger partial charge in [-0.25, -0.2) is 4.79 Å². The first kappa shape index (κ1) is 18.3. The number of ether oxygens (including phenoxy) is 1. The van der Waals surface area contributed by atoms with Crippen LogP contribution in [0.2, 0.25) is 5.02 Å².